The fourth-order valence-electron chi connectivity index (χ4n) is 1.83. The summed E-state index contributed by atoms with van der Waals surface area (Å²) in [6.45, 7) is 4.52. The van der Waals surface area contributed by atoms with Crippen molar-refractivity contribution in [2.45, 2.75) is 26.5 Å². The normalized spacial score (nSPS) is 10.7. The number of hydrogen-bond acceptors (Lipinski definition) is 2. The summed E-state index contributed by atoms with van der Waals surface area (Å²) in [4.78, 5) is 0. The first-order valence-electron chi connectivity index (χ1n) is 6.49. The number of ether oxygens (including phenoxy) is 1. The zero-order valence-electron chi connectivity index (χ0n) is 11.5. The second-order valence-electron chi connectivity index (χ2n) is 4.79. The molecule has 0 atom stereocenters. The maximum absolute atomic E-state index is 13.6. The van der Waals surface area contributed by atoms with E-state index in [1.807, 2.05) is 38.1 Å². The molecule has 0 aromatic heterocycles. The molecular formula is C16H17BrFNO. The van der Waals surface area contributed by atoms with E-state index < -0.39 is 0 Å². The monoisotopic (exact) mass is 337 g/mol. The second kappa shape index (κ2) is 6.75. The Bertz CT molecular complexity index is 586. The first-order chi connectivity index (χ1) is 9.54. The molecule has 0 saturated heterocycles. The third-order valence-electron chi connectivity index (χ3n) is 2.68. The van der Waals surface area contributed by atoms with Gasteiger partial charge in [0.2, 0.25) is 0 Å². The minimum atomic E-state index is -0.261. The molecule has 2 aromatic rings. The molecule has 4 heteroatoms. The fourth-order valence-corrected chi connectivity index (χ4v) is 2.19. The van der Waals surface area contributed by atoms with Crippen LogP contribution in [-0.4, -0.2) is 6.10 Å². The highest BCUT2D eigenvalue weighted by atomic mass is 79.9. The average molecular weight is 338 g/mol. The molecule has 0 aliphatic rings. The minimum Gasteiger partial charge on any atom is -0.491 e. The Labute approximate surface area is 127 Å². The van der Waals surface area contributed by atoms with Crippen molar-refractivity contribution in [3.05, 3.63) is 58.3 Å². The Morgan fingerprint density at radius 1 is 1.20 bits per heavy atom. The number of halogens is 2. The van der Waals surface area contributed by atoms with Crippen molar-refractivity contribution in [3.63, 3.8) is 0 Å². The zero-order chi connectivity index (χ0) is 14.5. The first-order valence-corrected chi connectivity index (χ1v) is 7.28. The van der Waals surface area contributed by atoms with Crippen LogP contribution >= 0.6 is 15.9 Å². The van der Waals surface area contributed by atoms with Crippen molar-refractivity contribution in [2.24, 2.45) is 0 Å². The van der Waals surface area contributed by atoms with Crippen LogP contribution in [-0.2, 0) is 6.54 Å². The highest BCUT2D eigenvalue weighted by Crippen LogP contribution is 2.21. The third kappa shape index (κ3) is 4.23. The van der Waals surface area contributed by atoms with Gasteiger partial charge in [0.05, 0.1) is 11.8 Å². The van der Waals surface area contributed by atoms with E-state index in [9.17, 15) is 4.39 Å². The SMILES string of the molecule is CC(C)Oc1cccc(CNc2cc(Br)ccc2F)c1. The summed E-state index contributed by atoms with van der Waals surface area (Å²) in [5, 5.41) is 3.09. The summed E-state index contributed by atoms with van der Waals surface area (Å²) in [5.74, 6) is 0.566. The quantitative estimate of drug-likeness (QED) is 0.829. The van der Waals surface area contributed by atoms with Crippen molar-refractivity contribution in [1.82, 2.24) is 0 Å². The predicted octanol–water partition coefficient (Wildman–Crippen LogP) is 4.99. The lowest BCUT2D eigenvalue weighted by atomic mass is 10.2. The summed E-state index contributed by atoms with van der Waals surface area (Å²) >= 11 is 3.33. The minimum absolute atomic E-state index is 0.140. The van der Waals surface area contributed by atoms with E-state index in [-0.39, 0.29) is 11.9 Å². The van der Waals surface area contributed by atoms with Gasteiger partial charge in [0, 0.05) is 11.0 Å². The molecule has 2 rings (SSSR count). The van der Waals surface area contributed by atoms with Crippen LogP contribution in [0.2, 0.25) is 0 Å². The molecule has 0 spiro atoms. The number of nitrogens with one attached hydrogen (secondary N) is 1. The predicted molar refractivity (Wildman–Crippen MR) is 83.6 cm³/mol. The first kappa shape index (κ1) is 14.9. The van der Waals surface area contributed by atoms with E-state index in [1.165, 1.54) is 6.07 Å². The number of anilines is 1. The Morgan fingerprint density at radius 2 is 2.00 bits per heavy atom. The lowest BCUT2D eigenvalue weighted by Gasteiger charge is -2.12. The van der Waals surface area contributed by atoms with Crippen molar-refractivity contribution < 1.29 is 9.13 Å². The van der Waals surface area contributed by atoms with Gasteiger partial charge in [0.15, 0.2) is 0 Å². The topological polar surface area (TPSA) is 21.3 Å². The molecule has 1 N–H and O–H groups in total. The smallest absolute Gasteiger partial charge is 0.146 e. The van der Waals surface area contributed by atoms with E-state index in [4.69, 9.17) is 4.74 Å². The fraction of sp³-hybridized carbons (Fsp3) is 0.250. The van der Waals surface area contributed by atoms with E-state index in [2.05, 4.69) is 21.2 Å². The molecule has 2 nitrogen and oxygen atoms in total. The summed E-state index contributed by atoms with van der Waals surface area (Å²) in [7, 11) is 0. The van der Waals surface area contributed by atoms with Crippen LogP contribution in [0.4, 0.5) is 10.1 Å². The second-order valence-corrected chi connectivity index (χ2v) is 5.71. The van der Waals surface area contributed by atoms with Gasteiger partial charge in [-0.1, -0.05) is 28.1 Å². The standard InChI is InChI=1S/C16H17BrFNO/c1-11(2)20-14-5-3-4-12(8-14)10-19-16-9-13(17)6-7-15(16)18/h3-9,11,19H,10H2,1-2H3. The van der Waals surface area contributed by atoms with Gasteiger partial charge in [-0.2, -0.15) is 0 Å². The van der Waals surface area contributed by atoms with Gasteiger partial charge in [-0.15, -0.1) is 0 Å². The molecule has 0 bridgehead atoms. The molecule has 0 aliphatic carbocycles. The van der Waals surface area contributed by atoms with Gasteiger partial charge >= 0.3 is 0 Å². The van der Waals surface area contributed by atoms with Crippen molar-refractivity contribution in [2.75, 3.05) is 5.32 Å². The summed E-state index contributed by atoms with van der Waals surface area (Å²) in [5.41, 5.74) is 1.53. The van der Waals surface area contributed by atoms with Gasteiger partial charge < -0.3 is 10.1 Å². The van der Waals surface area contributed by atoms with Gasteiger partial charge in [-0.3, -0.25) is 0 Å². The van der Waals surface area contributed by atoms with Crippen LogP contribution in [0.25, 0.3) is 0 Å². The molecule has 0 radical (unpaired) electrons. The van der Waals surface area contributed by atoms with Crippen LogP contribution in [0.3, 0.4) is 0 Å². The molecule has 0 amide bonds. The van der Waals surface area contributed by atoms with E-state index in [1.54, 1.807) is 12.1 Å². The molecule has 2 aromatic carbocycles. The molecule has 106 valence electrons. The van der Waals surface area contributed by atoms with Crippen LogP contribution in [0, 0.1) is 5.82 Å². The Kier molecular flexibility index (Phi) is 5.01. The lowest BCUT2D eigenvalue weighted by molar-refractivity contribution is 0.242. The Morgan fingerprint density at radius 3 is 2.75 bits per heavy atom. The highest BCUT2D eigenvalue weighted by molar-refractivity contribution is 9.10. The zero-order valence-corrected chi connectivity index (χ0v) is 13.1. The maximum atomic E-state index is 13.6. The van der Waals surface area contributed by atoms with E-state index in [0.717, 1.165) is 15.8 Å². The maximum Gasteiger partial charge on any atom is 0.146 e. The molecule has 0 aliphatic heterocycles. The molecule has 0 heterocycles. The Balaban J connectivity index is 2.05. The number of rotatable bonds is 5. The van der Waals surface area contributed by atoms with Crippen molar-refractivity contribution >= 4 is 21.6 Å². The van der Waals surface area contributed by atoms with Crippen LogP contribution < -0.4 is 10.1 Å². The van der Waals surface area contributed by atoms with E-state index >= 15 is 0 Å². The van der Waals surface area contributed by atoms with Gasteiger partial charge in [0.25, 0.3) is 0 Å². The number of benzene rings is 2. The molecule has 0 saturated carbocycles. The van der Waals surface area contributed by atoms with Gasteiger partial charge in [-0.25, -0.2) is 4.39 Å². The summed E-state index contributed by atoms with van der Waals surface area (Å²) in [6.07, 6.45) is 0.140. The van der Waals surface area contributed by atoms with Crippen LogP contribution in [0.5, 0.6) is 5.75 Å². The molecule has 0 unspecified atom stereocenters. The largest absolute Gasteiger partial charge is 0.491 e. The average Bonchev–Trinajstić information content (AvgIpc) is 2.39. The van der Waals surface area contributed by atoms with Crippen molar-refractivity contribution in [3.8, 4) is 5.75 Å². The van der Waals surface area contributed by atoms with Crippen molar-refractivity contribution in [1.29, 1.82) is 0 Å². The Hall–Kier alpha value is -1.55. The molecule has 0 fully saturated rings. The summed E-state index contributed by atoms with van der Waals surface area (Å²) in [6, 6.07) is 12.6. The molecule has 20 heavy (non-hydrogen) atoms. The van der Waals surface area contributed by atoms with Crippen LogP contribution in [0.15, 0.2) is 46.9 Å². The third-order valence-corrected chi connectivity index (χ3v) is 3.17. The highest BCUT2D eigenvalue weighted by Gasteiger charge is 2.03. The van der Waals surface area contributed by atoms with E-state index in [0.29, 0.717) is 12.2 Å². The lowest BCUT2D eigenvalue weighted by Crippen LogP contribution is -2.06. The molecular weight excluding hydrogens is 321 g/mol. The van der Waals surface area contributed by atoms with Crippen LogP contribution in [0.1, 0.15) is 19.4 Å². The number of hydrogen-bond donors (Lipinski definition) is 1. The van der Waals surface area contributed by atoms with Gasteiger partial charge in [0.1, 0.15) is 11.6 Å². The summed E-state index contributed by atoms with van der Waals surface area (Å²) < 4.78 is 20.1. The van der Waals surface area contributed by atoms with Gasteiger partial charge in [-0.05, 0) is 49.7 Å².